The van der Waals surface area contributed by atoms with Crippen LogP contribution in [0.1, 0.15) is 34.3 Å². The molecule has 0 aliphatic heterocycles. The molecular formula is C14H16N2O4. The molecule has 0 bridgehead atoms. The Kier molecular flexibility index (Phi) is 4.14. The molecule has 2 rings (SSSR count). The number of aromatic carboxylic acids is 1. The Morgan fingerprint density at radius 1 is 1.30 bits per heavy atom. The number of carboxylic acids is 1. The molecule has 0 unspecified atom stereocenters. The third-order valence-corrected chi connectivity index (χ3v) is 2.95. The molecular weight excluding hydrogens is 260 g/mol. The molecule has 0 saturated carbocycles. The minimum absolute atomic E-state index is 0.191. The molecule has 106 valence electrons. The van der Waals surface area contributed by atoms with Gasteiger partial charge in [0.25, 0.3) is 0 Å². The van der Waals surface area contributed by atoms with Gasteiger partial charge in [-0.2, -0.15) is 0 Å². The van der Waals surface area contributed by atoms with Gasteiger partial charge in [0, 0.05) is 6.61 Å². The minimum Gasteiger partial charge on any atom is -0.478 e. The molecule has 6 nitrogen and oxygen atoms in total. The summed E-state index contributed by atoms with van der Waals surface area (Å²) in [5.41, 5.74) is 2.09. The molecule has 0 aliphatic rings. The maximum Gasteiger partial charge on any atom is 0.336 e. The fourth-order valence-corrected chi connectivity index (χ4v) is 1.96. The Morgan fingerprint density at radius 2 is 2.00 bits per heavy atom. The van der Waals surface area contributed by atoms with E-state index >= 15 is 0 Å². The van der Waals surface area contributed by atoms with E-state index in [1.807, 2.05) is 19.9 Å². The van der Waals surface area contributed by atoms with E-state index in [1.54, 1.807) is 13.0 Å². The van der Waals surface area contributed by atoms with Gasteiger partial charge in [0.15, 0.2) is 0 Å². The second-order valence-electron chi connectivity index (χ2n) is 4.39. The maximum atomic E-state index is 11.4. The van der Waals surface area contributed by atoms with Crippen LogP contribution in [0, 0.1) is 13.8 Å². The van der Waals surface area contributed by atoms with Crippen LogP contribution < -0.4 is 0 Å². The summed E-state index contributed by atoms with van der Waals surface area (Å²) in [6, 6.07) is 3.60. The molecule has 0 radical (unpaired) electrons. The third-order valence-electron chi connectivity index (χ3n) is 2.95. The average molecular weight is 276 g/mol. The van der Waals surface area contributed by atoms with Gasteiger partial charge in [-0.25, -0.2) is 4.79 Å². The summed E-state index contributed by atoms with van der Waals surface area (Å²) in [6.45, 7) is 6.18. The number of hydrogen-bond donors (Lipinski definition) is 1. The number of nitrogens with zero attached hydrogens (tertiary/aromatic N) is 2. The lowest BCUT2D eigenvalue weighted by Crippen LogP contribution is -2.04. The Balaban J connectivity index is 2.49. The molecule has 6 heteroatoms. The Morgan fingerprint density at radius 3 is 2.65 bits per heavy atom. The molecule has 0 aliphatic carbocycles. The fraction of sp³-hybridized carbons (Fsp3) is 0.357. The Hall–Kier alpha value is -2.21. The summed E-state index contributed by atoms with van der Waals surface area (Å²) < 4.78 is 10.7. The normalized spacial score (nSPS) is 10.8. The second-order valence-corrected chi connectivity index (χ2v) is 4.39. The van der Waals surface area contributed by atoms with Gasteiger partial charge >= 0.3 is 5.97 Å². The largest absolute Gasteiger partial charge is 0.478 e. The van der Waals surface area contributed by atoms with E-state index in [9.17, 15) is 9.90 Å². The zero-order valence-corrected chi connectivity index (χ0v) is 11.6. The average Bonchev–Trinajstić information content (AvgIpc) is 2.86. The molecule has 1 aromatic heterocycles. The van der Waals surface area contributed by atoms with Crippen molar-refractivity contribution in [2.24, 2.45) is 0 Å². The number of hydrogen-bond acceptors (Lipinski definition) is 5. The van der Waals surface area contributed by atoms with E-state index in [2.05, 4.69) is 10.2 Å². The van der Waals surface area contributed by atoms with E-state index < -0.39 is 5.97 Å². The zero-order chi connectivity index (χ0) is 14.7. The summed E-state index contributed by atoms with van der Waals surface area (Å²) in [7, 11) is 0. The van der Waals surface area contributed by atoms with Gasteiger partial charge in [-0.1, -0.05) is 12.1 Å². The summed E-state index contributed by atoms with van der Waals surface area (Å²) >= 11 is 0. The van der Waals surface area contributed by atoms with Crippen molar-refractivity contribution < 1.29 is 19.1 Å². The lowest BCUT2D eigenvalue weighted by atomic mass is 9.97. The molecule has 1 aromatic carbocycles. The van der Waals surface area contributed by atoms with Crippen LogP contribution in [0.5, 0.6) is 0 Å². The van der Waals surface area contributed by atoms with E-state index in [1.165, 1.54) is 0 Å². The van der Waals surface area contributed by atoms with E-state index in [0.29, 0.717) is 23.6 Å². The number of aryl methyl sites for hydroxylation is 2. The van der Waals surface area contributed by atoms with Crippen LogP contribution in [-0.2, 0) is 11.3 Å². The molecule has 0 saturated heterocycles. The zero-order valence-electron chi connectivity index (χ0n) is 11.6. The molecule has 0 amide bonds. The first-order chi connectivity index (χ1) is 9.54. The van der Waals surface area contributed by atoms with Crippen LogP contribution in [0.2, 0.25) is 0 Å². The highest BCUT2D eigenvalue weighted by Crippen LogP contribution is 2.29. The van der Waals surface area contributed by atoms with Crippen LogP contribution in [0.15, 0.2) is 16.5 Å². The highest BCUT2D eigenvalue weighted by molar-refractivity contribution is 5.97. The summed E-state index contributed by atoms with van der Waals surface area (Å²) in [5, 5.41) is 17.2. The van der Waals surface area contributed by atoms with Crippen LogP contribution >= 0.6 is 0 Å². The number of ether oxygens (including phenoxy) is 1. The first-order valence-corrected chi connectivity index (χ1v) is 6.28. The second kappa shape index (κ2) is 5.83. The molecule has 0 atom stereocenters. The number of aromatic nitrogens is 2. The van der Waals surface area contributed by atoms with Crippen molar-refractivity contribution >= 4 is 5.97 Å². The lowest BCUT2D eigenvalue weighted by Gasteiger charge is -2.08. The van der Waals surface area contributed by atoms with E-state index in [4.69, 9.17) is 9.15 Å². The molecule has 0 fully saturated rings. The topological polar surface area (TPSA) is 85.5 Å². The van der Waals surface area contributed by atoms with E-state index in [0.717, 1.165) is 5.56 Å². The first-order valence-electron chi connectivity index (χ1n) is 6.28. The number of carboxylic acid groups (broad SMARTS) is 1. The van der Waals surface area contributed by atoms with Crippen LogP contribution in [0.4, 0.5) is 0 Å². The van der Waals surface area contributed by atoms with Crippen molar-refractivity contribution in [3.8, 4) is 11.5 Å². The van der Waals surface area contributed by atoms with E-state index in [-0.39, 0.29) is 18.1 Å². The van der Waals surface area contributed by atoms with Crippen molar-refractivity contribution in [3.05, 3.63) is 34.7 Å². The van der Waals surface area contributed by atoms with Crippen molar-refractivity contribution in [1.29, 1.82) is 0 Å². The summed E-state index contributed by atoms with van der Waals surface area (Å²) in [6.07, 6.45) is 0. The number of carbonyl (C=O) groups is 1. The van der Waals surface area contributed by atoms with Crippen molar-refractivity contribution in [2.75, 3.05) is 6.61 Å². The summed E-state index contributed by atoms with van der Waals surface area (Å²) in [5.74, 6) is -0.469. The smallest absolute Gasteiger partial charge is 0.336 e. The maximum absolute atomic E-state index is 11.4. The third kappa shape index (κ3) is 2.70. The van der Waals surface area contributed by atoms with Gasteiger partial charge in [-0.05, 0) is 31.9 Å². The number of benzene rings is 1. The standard InChI is InChI=1S/C14H16N2O4/c1-4-19-7-10-15-16-13(20-10)11-8(2)5-6-9(3)12(11)14(17)18/h5-6H,4,7H2,1-3H3,(H,17,18). The lowest BCUT2D eigenvalue weighted by molar-refractivity contribution is 0.0696. The Bertz CT molecular complexity index is 634. The van der Waals surface area contributed by atoms with Crippen LogP contribution in [0.3, 0.4) is 0 Å². The highest BCUT2D eigenvalue weighted by Gasteiger charge is 2.21. The summed E-state index contributed by atoms with van der Waals surface area (Å²) in [4.78, 5) is 11.4. The quantitative estimate of drug-likeness (QED) is 0.903. The fourth-order valence-electron chi connectivity index (χ4n) is 1.96. The number of rotatable bonds is 5. The molecule has 2 aromatic rings. The molecule has 1 heterocycles. The highest BCUT2D eigenvalue weighted by atomic mass is 16.5. The van der Waals surface area contributed by atoms with Gasteiger partial charge in [0.1, 0.15) is 6.61 Å². The first kappa shape index (κ1) is 14.2. The van der Waals surface area contributed by atoms with Gasteiger partial charge in [0.2, 0.25) is 11.8 Å². The predicted molar refractivity (Wildman–Crippen MR) is 71.5 cm³/mol. The van der Waals surface area contributed by atoms with Gasteiger partial charge < -0.3 is 14.3 Å². The predicted octanol–water partition coefficient (Wildman–Crippen LogP) is 2.59. The Labute approximate surface area is 116 Å². The molecule has 1 N–H and O–H groups in total. The van der Waals surface area contributed by atoms with Crippen LogP contribution in [-0.4, -0.2) is 27.9 Å². The SMILES string of the molecule is CCOCc1nnc(-c2c(C)ccc(C)c2C(=O)O)o1. The minimum atomic E-state index is -1.01. The van der Waals surface area contributed by atoms with Crippen molar-refractivity contribution in [2.45, 2.75) is 27.4 Å². The van der Waals surface area contributed by atoms with Gasteiger partial charge in [-0.3, -0.25) is 0 Å². The molecule has 20 heavy (non-hydrogen) atoms. The van der Waals surface area contributed by atoms with Gasteiger partial charge in [0.05, 0.1) is 11.1 Å². The molecule has 0 spiro atoms. The monoisotopic (exact) mass is 276 g/mol. The van der Waals surface area contributed by atoms with Crippen molar-refractivity contribution in [1.82, 2.24) is 10.2 Å². The van der Waals surface area contributed by atoms with Crippen LogP contribution in [0.25, 0.3) is 11.5 Å². The van der Waals surface area contributed by atoms with Gasteiger partial charge in [-0.15, -0.1) is 10.2 Å². The van der Waals surface area contributed by atoms with Crippen molar-refractivity contribution in [3.63, 3.8) is 0 Å².